The molecule has 22 heavy (non-hydrogen) atoms. The van der Waals surface area contributed by atoms with Crippen molar-refractivity contribution in [1.82, 2.24) is 4.90 Å². The molecule has 1 fully saturated rings. The molecule has 6 nitrogen and oxygen atoms in total. The van der Waals surface area contributed by atoms with Crippen LogP contribution in [0.25, 0.3) is 0 Å². The van der Waals surface area contributed by atoms with Gasteiger partial charge in [-0.1, -0.05) is 18.2 Å². The van der Waals surface area contributed by atoms with Gasteiger partial charge >= 0.3 is 13.6 Å². The van der Waals surface area contributed by atoms with Crippen LogP contribution >= 0.6 is 7.60 Å². The van der Waals surface area contributed by atoms with Crippen molar-refractivity contribution in [2.75, 3.05) is 20.8 Å². The molecule has 2 aliphatic rings. The molecule has 0 radical (unpaired) electrons. The average Bonchev–Trinajstić information content (AvgIpc) is 2.86. The molecule has 120 valence electrons. The highest BCUT2D eigenvalue weighted by molar-refractivity contribution is 7.55. The Morgan fingerprint density at radius 3 is 2.86 bits per heavy atom. The number of likely N-dealkylation sites (tertiary alicyclic amines) is 1. The van der Waals surface area contributed by atoms with E-state index in [9.17, 15) is 9.36 Å². The molecule has 0 N–H and O–H groups in total. The van der Waals surface area contributed by atoms with Gasteiger partial charge in [-0.3, -0.25) is 14.2 Å². The summed E-state index contributed by atoms with van der Waals surface area (Å²) in [6.45, 7) is 2.09. The topological polar surface area (TPSA) is 65.1 Å². The quantitative estimate of drug-likeness (QED) is 0.629. The van der Waals surface area contributed by atoms with Crippen molar-refractivity contribution < 1.29 is 23.1 Å². The summed E-state index contributed by atoms with van der Waals surface area (Å²) in [5.41, 5.74) is 0.573. The van der Waals surface area contributed by atoms with Gasteiger partial charge in [0.05, 0.1) is 25.4 Å². The first kappa shape index (κ1) is 15.5. The van der Waals surface area contributed by atoms with Gasteiger partial charge in [-0.25, -0.2) is 4.57 Å². The maximum absolute atomic E-state index is 13.2. The number of rotatable bonds is 3. The minimum atomic E-state index is -3.32. The number of esters is 1. The van der Waals surface area contributed by atoms with E-state index in [0.29, 0.717) is 18.8 Å². The second-order valence-electron chi connectivity index (χ2n) is 5.54. The van der Waals surface area contributed by atoms with Crippen LogP contribution in [-0.2, 0) is 18.6 Å². The van der Waals surface area contributed by atoms with E-state index in [1.807, 2.05) is 30.1 Å². The highest BCUT2D eigenvalue weighted by Crippen LogP contribution is 2.66. The summed E-state index contributed by atoms with van der Waals surface area (Å²) >= 11 is 0. The normalized spacial score (nSPS) is 33.7. The molecule has 2 aliphatic heterocycles. The van der Waals surface area contributed by atoms with E-state index in [0.717, 1.165) is 5.56 Å². The van der Waals surface area contributed by atoms with Crippen molar-refractivity contribution in [3.8, 4) is 5.75 Å². The summed E-state index contributed by atoms with van der Waals surface area (Å²) in [4.78, 5) is 13.9. The average molecular weight is 325 g/mol. The lowest BCUT2D eigenvalue weighted by Crippen LogP contribution is -2.36. The standard InChI is InChI=1S/C15H20NO5P/c1-4-20-22(18)13-9-11(15(17)19-3)16(2)14(13)10-7-5-6-8-12(10)21-22/h5-8,11,13-14H,4,9H2,1-3H3/t11-,13+,14+,22+/m1/s1. The molecule has 0 aliphatic carbocycles. The zero-order valence-corrected chi connectivity index (χ0v) is 13.8. The molecular weight excluding hydrogens is 305 g/mol. The Morgan fingerprint density at radius 2 is 2.18 bits per heavy atom. The predicted molar refractivity (Wildman–Crippen MR) is 81.0 cm³/mol. The smallest absolute Gasteiger partial charge is 0.384 e. The molecule has 0 bridgehead atoms. The predicted octanol–water partition coefficient (Wildman–Crippen LogP) is 2.60. The van der Waals surface area contributed by atoms with Crippen LogP contribution in [0.3, 0.4) is 0 Å². The Morgan fingerprint density at radius 1 is 1.45 bits per heavy atom. The Kier molecular flexibility index (Phi) is 4.02. The zero-order valence-electron chi connectivity index (χ0n) is 12.9. The summed E-state index contributed by atoms with van der Waals surface area (Å²) in [7, 11) is -0.106. The van der Waals surface area contributed by atoms with Gasteiger partial charge in [0, 0.05) is 5.56 Å². The molecule has 0 aromatic heterocycles. The number of methoxy groups -OCH3 is 1. The first-order chi connectivity index (χ1) is 10.5. The summed E-state index contributed by atoms with van der Waals surface area (Å²) in [5.74, 6) is 0.246. The Balaban J connectivity index is 2.07. The van der Waals surface area contributed by atoms with Gasteiger partial charge < -0.3 is 9.26 Å². The third-order valence-electron chi connectivity index (χ3n) is 4.41. The SMILES string of the molecule is CCO[P@]1(=O)Oc2ccccc2[C@H]2[C@@H]1C[C@H](C(=O)OC)N2C. The lowest BCUT2D eigenvalue weighted by Gasteiger charge is -2.36. The number of nitrogens with zero attached hydrogens (tertiary/aromatic N) is 1. The van der Waals surface area contributed by atoms with Gasteiger partial charge in [0.15, 0.2) is 0 Å². The maximum Gasteiger partial charge on any atom is 0.384 e. The summed E-state index contributed by atoms with van der Waals surface area (Å²) in [6, 6.07) is 6.86. The number of para-hydroxylation sites is 1. The maximum atomic E-state index is 13.2. The van der Waals surface area contributed by atoms with Crippen molar-refractivity contribution in [2.24, 2.45) is 0 Å². The molecule has 0 amide bonds. The van der Waals surface area contributed by atoms with Crippen molar-refractivity contribution >= 4 is 13.6 Å². The number of carbonyl (C=O) groups is 1. The highest BCUT2D eigenvalue weighted by Gasteiger charge is 2.57. The lowest BCUT2D eigenvalue weighted by atomic mass is 10.0. The highest BCUT2D eigenvalue weighted by atomic mass is 31.2. The van der Waals surface area contributed by atoms with Gasteiger partial charge in [-0.2, -0.15) is 0 Å². The molecule has 4 atom stereocenters. The number of benzene rings is 1. The van der Waals surface area contributed by atoms with Crippen LogP contribution in [0, 0.1) is 0 Å². The van der Waals surface area contributed by atoms with Crippen molar-refractivity contribution in [3.63, 3.8) is 0 Å². The van der Waals surface area contributed by atoms with Crippen LogP contribution in [-0.4, -0.2) is 43.3 Å². The molecule has 7 heteroatoms. The molecule has 2 heterocycles. The van der Waals surface area contributed by atoms with Crippen LogP contribution in [0.1, 0.15) is 24.9 Å². The third kappa shape index (κ3) is 2.26. The second-order valence-corrected chi connectivity index (χ2v) is 7.72. The second kappa shape index (κ2) is 5.69. The fourth-order valence-electron chi connectivity index (χ4n) is 3.43. The van der Waals surface area contributed by atoms with Crippen LogP contribution < -0.4 is 4.52 Å². The van der Waals surface area contributed by atoms with Crippen LogP contribution in [0.4, 0.5) is 0 Å². The van der Waals surface area contributed by atoms with Crippen LogP contribution in [0.15, 0.2) is 24.3 Å². The van der Waals surface area contributed by atoms with E-state index < -0.39 is 13.6 Å². The van der Waals surface area contributed by atoms with E-state index in [4.69, 9.17) is 13.8 Å². The zero-order chi connectivity index (χ0) is 15.9. The molecule has 0 spiro atoms. The van der Waals surface area contributed by atoms with Crippen LogP contribution in [0.5, 0.6) is 5.75 Å². The number of hydrogen-bond donors (Lipinski definition) is 0. The van der Waals surface area contributed by atoms with E-state index in [2.05, 4.69) is 0 Å². The lowest BCUT2D eigenvalue weighted by molar-refractivity contribution is -0.145. The van der Waals surface area contributed by atoms with Crippen LogP contribution in [0.2, 0.25) is 0 Å². The van der Waals surface area contributed by atoms with Gasteiger partial charge in [0.25, 0.3) is 0 Å². The fraction of sp³-hybridized carbons (Fsp3) is 0.533. The Hall–Kier alpha value is -1.36. The van der Waals surface area contributed by atoms with E-state index in [1.165, 1.54) is 7.11 Å². The summed E-state index contributed by atoms with van der Waals surface area (Å²) < 4.78 is 29.3. The number of carbonyl (C=O) groups excluding carboxylic acids is 1. The molecule has 3 rings (SSSR count). The monoisotopic (exact) mass is 325 g/mol. The largest absolute Gasteiger partial charge is 0.468 e. The molecule has 0 unspecified atom stereocenters. The minimum Gasteiger partial charge on any atom is -0.468 e. The fourth-order valence-corrected chi connectivity index (χ4v) is 5.79. The Bertz CT molecular complexity index is 634. The van der Waals surface area contributed by atoms with Gasteiger partial charge in [0.2, 0.25) is 0 Å². The molecule has 1 aromatic rings. The molecule has 1 aromatic carbocycles. The van der Waals surface area contributed by atoms with Crippen molar-refractivity contribution in [3.05, 3.63) is 29.8 Å². The van der Waals surface area contributed by atoms with E-state index >= 15 is 0 Å². The number of ether oxygens (including phenoxy) is 1. The van der Waals surface area contributed by atoms with E-state index in [1.54, 1.807) is 13.0 Å². The van der Waals surface area contributed by atoms with Crippen molar-refractivity contribution in [2.45, 2.75) is 31.1 Å². The van der Waals surface area contributed by atoms with Gasteiger partial charge in [0.1, 0.15) is 11.8 Å². The molecule has 0 saturated carbocycles. The van der Waals surface area contributed by atoms with Gasteiger partial charge in [-0.15, -0.1) is 0 Å². The summed E-state index contributed by atoms with van der Waals surface area (Å²) in [5, 5.41) is 0. The Labute approximate surface area is 129 Å². The van der Waals surface area contributed by atoms with E-state index in [-0.39, 0.29) is 17.7 Å². The molecule has 1 saturated heterocycles. The summed E-state index contributed by atoms with van der Waals surface area (Å²) in [6.07, 6.45) is 0.402. The first-order valence-corrected chi connectivity index (χ1v) is 8.95. The first-order valence-electron chi connectivity index (χ1n) is 7.34. The third-order valence-corrected chi connectivity index (χ3v) is 6.79. The van der Waals surface area contributed by atoms with Crippen molar-refractivity contribution in [1.29, 1.82) is 0 Å². The van der Waals surface area contributed by atoms with Gasteiger partial charge in [-0.05, 0) is 26.5 Å². The minimum absolute atomic E-state index is 0.175. The number of hydrogen-bond acceptors (Lipinski definition) is 6. The number of likely N-dealkylation sites (N-methyl/N-ethyl adjacent to an activating group) is 1. The number of fused-ring (bicyclic) bond motifs is 3. The molecular formula is C15H20NO5P.